The van der Waals surface area contributed by atoms with Crippen molar-refractivity contribution in [3.8, 4) is 11.5 Å². The fourth-order valence-corrected chi connectivity index (χ4v) is 6.07. The Bertz CT molecular complexity index is 1110. The summed E-state index contributed by atoms with van der Waals surface area (Å²) in [5.74, 6) is 0.789. The predicted octanol–water partition coefficient (Wildman–Crippen LogP) is 2.99. The van der Waals surface area contributed by atoms with E-state index < -0.39 is 10.0 Å². The molecular formula is C23H26N2O5S. The molecule has 0 atom stereocenters. The number of nitrogens with zero attached hydrogens (tertiary/aromatic N) is 1. The fraction of sp³-hybridized carbons (Fsp3) is 0.435. The van der Waals surface area contributed by atoms with Gasteiger partial charge in [-0.3, -0.25) is 4.79 Å². The number of hydrogen-bond acceptors (Lipinski definition) is 5. The van der Waals surface area contributed by atoms with Crippen LogP contribution in [0.5, 0.6) is 11.5 Å². The molecule has 2 heterocycles. The molecule has 0 aromatic heterocycles. The van der Waals surface area contributed by atoms with Crippen LogP contribution < -0.4 is 14.8 Å². The molecule has 1 aliphatic carbocycles. The highest BCUT2D eigenvalue weighted by atomic mass is 32.2. The maximum Gasteiger partial charge on any atom is 0.243 e. The maximum atomic E-state index is 13.1. The van der Waals surface area contributed by atoms with Crippen molar-refractivity contribution >= 4 is 21.6 Å². The molecule has 2 aromatic carbocycles. The minimum absolute atomic E-state index is 0.0330. The molecule has 0 radical (unpaired) electrons. The number of ether oxygens (including phenoxy) is 2. The van der Waals surface area contributed by atoms with Crippen molar-refractivity contribution in [1.82, 2.24) is 4.31 Å². The van der Waals surface area contributed by atoms with Crippen LogP contribution in [0.3, 0.4) is 0 Å². The summed E-state index contributed by atoms with van der Waals surface area (Å²) in [6, 6.07) is 10.8. The molecule has 3 aliphatic rings. The molecule has 0 unspecified atom stereocenters. The molecule has 0 bridgehead atoms. The van der Waals surface area contributed by atoms with Crippen molar-refractivity contribution in [2.75, 3.05) is 31.6 Å². The zero-order valence-electron chi connectivity index (χ0n) is 17.3. The van der Waals surface area contributed by atoms with E-state index >= 15 is 0 Å². The summed E-state index contributed by atoms with van der Waals surface area (Å²) in [4.78, 5) is 12.9. The quantitative estimate of drug-likeness (QED) is 0.787. The summed E-state index contributed by atoms with van der Waals surface area (Å²) in [5, 5.41) is 3.02. The molecule has 5 rings (SSSR count). The molecule has 2 aromatic rings. The first-order valence-corrected chi connectivity index (χ1v) is 12.3. The lowest BCUT2D eigenvalue weighted by Gasteiger charge is -2.31. The number of aryl methyl sites for hydroxylation is 2. The number of rotatable bonds is 4. The molecule has 0 spiro atoms. The average Bonchev–Trinajstić information content (AvgIpc) is 3.27. The third kappa shape index (κ3) is 4.02. The Labute approximate surface area is 182 Å². The van der Waals surface area contributed by atoms with Gasteiger partial charge in [-0.25, -0.2) is 8.42 Å². The van der Waals surface area contributed by atoms with Crippen molar-refractivity contribution in [2.45, 2.75) is 37.0 Å². The van der Waals surface area contributed by atoms with Gasteiger partial charge in [0.2, 0.25) is 15.9 Å². The van der Waals surface area contributed by atoms with Gasteiger partial charge in [0.15, 0.2) is 11.5 Å². The number of nitrogens with one attached hydrogen (secondary N) is 1. The Morgan fingerprint density at radius 1 is 0.935 bits per heavy atom. The highest BCUT2D eigenvalue weighted by Gasteiger charge is 2.33. The summed E-state index contributed by atoms with van der Waals surface area (Å²) in [7, 11) is -3.64. The van der Waals surface area contributed by atoms with Crippen molar-refractivity contribution in [2.24, 2.45) is 5.92 Å². The normalized spacial score (nSPS) is 19.1. The maximum absolute atomic E-state index is 13.1. The molecule has 8 heteroatoms. The van der Waals surface area contributed by atoms with Crippen LogP contribution in [0.2, 0.25) is 0 Å². The fourth-order valence-electron chi connectivity index (χ4n) is 4.59. The smallest absolute Gasteiger partial charge is 0.243 e. The number of carbonyl (C=O) groups is 1. The van der Waals surface area contributed by atoms with Crippen LogP contribution in [0.1, 0.15) is 30.4 Å². The first-order chi connectivity index (χ1) is 15.0. The van der Waals surface area contributed by atoms with Crippen LogP contribution in [0.25, 0.3) is 0 Å². The number of anilines is 1. The molecule has 31 heavy (non-hydrogen) atoms. The zero-order chi connectivity index (χ0) is 21.4. The predicted molar refractivity (Wildman–Crippen MR) is 116 cm³/mol. The number of amides is 1. The number of carbonyl (C=O) groups excluding carboxylic acids is 1. The summed E-state index contributed by atoms with van der Waals surface area (Å²) >= 11 is 0. The number of sulfonamides is 1. The minimum atomic E-state index is -3.64. The Morgan fingerprint density at radius 2 is 1.68 bits per heavy atom. The van der Waals surface area contributed by atoms with E-state index in [1.807, 2.05) is 6.07 Å². The summed E-state index contributed by atoms with van der Waals surface area (Å²) in [6.07, 6.45) is 4.35. The zero-order valence-corrected chi connectivity index (χ0v) is 18.1. The van der Waals surface area contributed by atoms with Gasteiger partial charge in [-0.05, 0) is 67.5 Å². The lowest BCUT2D eigenvalue weighted by Crippen LogP contribution is -2.41. The van der Waals surface area contributed by atoms with E-state index in [4.69, 9.17) is 9.47 Å². The van der Waals surface area contributed by atoms with Gasteiger partial charge in [-0.2, -0.15) is 4.31 Å². The lowest BCUT2D eigenvalue weighted by molar-refractivity contribution is -0.120. The molecule has 2 aliphatic heterocycles. The summed E-state index contributed by atoms with van der Waals surface area (Å²) in [6.45, 7) is 1.50. The van der Waals surface area contributed by atoms with Crippen LogP contribution in [0, 0.1) is 5.92 Å². The van der Waals surface area contributed by atoms with E-state index in [2.05, 4.69) is 17.4 Å². The monoisotopic (exact) mass is 442 g/mol. The summed E-state index contributed by atoms with van der Waals surface area (Å²) < 4.78 is 38.6. The topological polar surface area (TPSA) is 84.9 Å². The van der Waals surface area contributed by atoms with Crippen LogP contribution >= 0.6 is 0 Å². The molecule has 0 saturated carbocycles. The molecule has 164 valence electrons. The molecular weight excluding hydrogens is 416 g/mol. The number of hydrogen-bond donors (Lipinski definition) is 1. The molecule has 1 amide bonds. The highest BCUT2D eigenvalue weighted by Crippen LogP contribution is 2.34. The van der Waals surface area contributed by atoms with Crippen molar-refractivity contribution in [3.63, 3.8) is 0 Å². The average molecular weight is 443 g/mol. The largest absolute Gasteiger partial charge is 0.486 e. The second kappa shape index (κ2) is 8.16. The van der Waals surface area contributed by atoms with E-state index in [9.17, 15) is 13.2 Å². The highest BCUT2D eigenvalue weighted by molar-refractivity contribution is 7.89. The van der Waals surface area contributed by atoms with E-state index in [0.717, 1.165) is 18.5 Å². The van der Waals surface area contributed by atoms with E-state index in [1.165, 1.54) is 27.9 Å². The van der Waals surface area contributed by atoms with E-state index in [0.29, 0.717) is 50.6 Å². The number of piperidine rings is 1. The second-order valence-corrected chi connectivity index (χ2v) is 10.2. The number of benzene rings is 2. The van der Waals surface area contributed by atoms with Crippen LogP contribution in [-0.2, 0) is 27.7 Å². The minimum Gasteiger partial charge on any atom is -0.486 e. The van der Waals surface area contributed by atoms with Gasteiger partial charge < -0.3 is 14.8 Å². The van der Waals surface area contributed by atoms with Crippen LogP contribution in [0.4, 0.5) is 5.69 Å². The Morgan fingerprint density at radius 3 is 2.48 bits per heavy atom. The van der Waals surface area contributed by atoms with Crippen molar-refractivity contribution in [3.05, 3.63) is 47.5 Å². The number of fused-ring (bicyclic) bond motifs is 2. The van der Waals surface area contributed by atoms with Gasteiger partial charge in [0.1, 0.15) is 13.2 Å². The lowest BCUT2D eigenvalue weighted by atomic mass is 9.97. The molecule has 1 N–H and O–H groups in total. The third-order valence-electron chi connectivity index (χ3n) is 6.34. The molecule has 1 saturated heterocycles. The van der Waals surface area contributed by atoms with E-state index in [1.54, 1.807) is 12.1 Å². The SMILES string of the molecule is O=C(Nc1ccc2c(c1)CCC2)C1CCN(S(=O)(=O)c2ccc3c(c2)OCCO3)CC1. The Hall–Kier alpha value is -2.58. The van der Waals surface area contributed by atoms with Crippen LogP contribution in [-0.4, -0.2) is 44.9 Å². The van der Waals surface area contributed by atoms with Gasteiger partial charge >= 0.3 is 0 Å². The van der Waals surface area contributed by atoms with E-state index in [-0.39, 0.29) is 16.7 Å². The Balaban J connectivity index is 1.22. The first-order valence-electron chi connectivity index (χ1n) is 10.8. The summed E-state index contributed by atoms with van der Waals surface area (Å²) in [5.41, 5.74) is 3.52. The van der Waals surface area contributed by atoms with Gasteiger partial charge in [-0.1, -0.05) is 6.07 Å². The van der Waals surface area contributed by atoms with Gasteiger partial charge in [0.25, 0.3) is 0 Å². The van der Waals surface area contributed by atoms with Gasteiger partial charge in [0, 0.05) is 30.8 Å². The molecule has 7 nitrogen and oxygen atoms in total. The standard InChI is InChI=1S/C23H26N2O5S/c26-23(24-19-5-4-16-2-1-3-18(16)14-19)17-8-10-25(11-9-17)31(27,28)20-6-7-21-22(15-20)30-13-12-29-21/h4-7,14-15,17H,1-3,8-13H2,(H,24,26). The Kier molecular flexibility index (Phi) is 5.35. The first kappa shape index (κ1) is 20.3. The van der Waals surface area contributed by atoms with Gasteiger partial charge in [-0.15, -0.1) is 0 Å². The second-order valence-electron chi connectivity index (χ2n) is 8.31. The third-order valence-corrected chi connectivity index (χ3v) is 8.24. The van der Waals surface area contributed by atoms with Crippen LogP contribution in [0.15, 0.2) is 41.3 Å². The van der Waals surface area contributed by atoms with Gasteiger partial charge in [0.05, 0.1) is 4.90 Å². The molecule has 1 fully saturated rings. The van der Waals surface area contributed by atoms with Crippen molar-refractivity contribution in [1.29, 1.82) is 0 Å². The van der Waals surface area contributed by atoms with Crippen molar-refractivity contribution < 1.29 is 22.7 Å².